The zero-order valence-electron chi connectivity index (χ0n) is 18.5. The zero-order chi connectivity index (χ0) is 23.1. The van der Waals surface area contributed by atoms with Crippen LogP contribution in [0.5, 0.6) is 0 Å². The van der Waals surface area contributed by atoms with E-state index in [9.17, 15) is 4.79 Å². The lowest BCUT2D eigenvalue weighted by atomic mass is 9.80. The van der Waals surface area contributed by atoms with Crippen molar-refractivity contribution in [1.29, 1.82) is 0 Å². The first kappa shape index (κ1) is 22.5. The Morgan fingerprint density at radius 3 is 1.67 bits per heavy atom. The molecule has 1 heterocycles. The van der Waals surface area contributed by atoms with Crippen molar-refractivity contribution in [3.63, 3.8) is 0 Å². The number of carbonyl (C=O) groups excluding carboxylic acids is 1. The van der Waals surface area contributed by atoms with E-state index in [-0.39, 0.29) is 12.4 Å². The van der Waals surface area contributed by atoms with Gasteiger partial charge < -0.3 is 14.2 Å². The van der Waals surface area contributed by atoms with Crippen molar-refractivity contribution < 1.29 is 19.0 Å². The summed E-state index contributed by atoms with van der Waals surface area (Å²) in [6, 6.07) is 30.6. The molecule has 0 bridgehead atoms. The van der Waals surface area contributed by atoms with Crippen LogP contribution in [0, 0.1) is 0 Å². The Morgan fingerprint density at radius 2 is 1.21 bits per heavy atom. The fourth-order valence-corrected chi connectivity index (χ4v) is 5.49. The van der Waals surface area contributed by atoms with E-state index in [0.717, 1.165) is 22.3 Å². The van der Waals surface area contributed by atoms with Crippen LogP contribution in [-0.4, -0.2) is 30.4 Å². The molecule has 4 nitrogen and oxygen atoms in total. The van der Waals surface area contributed by atoms with Crippen LogP contribution in [0.2, 0.25) is 0 Å². The Hall–Kier alpha value is -2.32. The second-order valence-corrected chi connectivity index (χ2v) is 9.83. The van der Waals surface area contributed by atoms with Gasteiger partial charge in [0.15, 0.2) is 11.9 Å². The van der Waals surface area contributed by atoms with E-state index in [1.165, 1.54) is 0 Å². The van der Waals surface area contributed by atoms with Gasteiger partial charge in [-0.25, -0.2) is 0 Å². The Morgan fingerprint density at radius 1 is 0.788 bits per heavy atom. The maximum atomic E-state index is 12.9. The van der Waals surface area contributed by atoms with Crippen molar-refractivity contribution in [1.82, 2.24) is 0 Å². The minimum Gasteiger partial charge on any atom is -0.356 e. The van der Waals surface area contributed by atoms with Crippen LogP contribution in [0.15, 0.2) is 100 Å². The summed E-state index contributed by atoms with van der Waals surface area (Å²) in [5, 5.41) is 0. The zero-order valence-corrected chi connectivity index (χ0v) is 20.7. The van der Waals surface area contributed by atoms with Gasteiger partial charge in [-0.15, -0.1) is 0 Å². The van der Waals surface area contributed by atoms with Crippen LogP contribution in [0.25, 0.3) is 0 Å². The van der Waals surface area contributed by atoms with Crippen LogP contribution < -0.4 is 0 Å². The molecule has 0 aromatic heterocycles. The molecule has 33 heavy (non-hydrogen) atoms. The highest BCUT2D eigenvalue weighted by molar-refractivity contribution is 14.1. The van der Waals surface area contributed by atoms with E-state index < -0.39 is 23.6 Å². The van der Waals surface area contributed by atoms with Gasteiger partial charge in [0.25, 0.3) is 0 Å². The Bertz CT molecular complexity index is 1080. The Labute approximate surface area is 207 Å². The molecule has 1 saturated heterocycles. The predicted molar refractivity (Wildman–Crippen MR) is 135 cm³/mol. The maximum Gasteiger partial charge on any atom is 0.200 e. The first-order valence-electron chi connectivity index (χ1n) is 11.0. The van der Waals surface area contributed by atoms with E-state index >= 15 is 0 Å². The number of rotatable bonds is 6. The number of halogens is 1. The third-order valence-corrected chi connectivity index (χ3v) is 7.41. The molecule has 0 spiro atoms. The average molecular weight is 552 g/mol. The van der Waals surface area contributed by atoms with Crippen molar-refractivity contribution in [2.45, 2.75) is 37.4 Å². The maximum absolute atomic E-state index is 12.9. The van der Waals surface area contributed by atoms with Crippen LogP contribution >= 0.6 is 22.6 Å². The number of benzene rings is 3. The highest BCUT2D eigenvalue weighted by atomic mass is 127. The van der Waals surface area contributed by atoms with Crippen molar-refractivity contribution in [3.8, 4) is 0 Å². The van der Waals surface area contributed by atoms with E-state index in [1.807, 2.05) is 68.4 Å². The number of hydrogen-bond donors (Lipinski definition) is 0. The van der Waals surface area contributed by atoms with Gasteiger partial charge in [-0.05, 0) is 53.1 Å². The molecular weight excluding hydrogens is 527 g/mol. The SMILES string of the molecule is CC1(C)OC2C(=O)C(I)=C(COC(c3ccccc3)(c3ccccc3)c3ccccc3)C2O1. The number of ketones is 1. The Balaban J connectivity index is 1.61. The summed E-state index contributed by atoms with van der Waals surface area (Å²) >= 11 is 2.11. The second-order valence-electron chi connectivity index (χ2n) is 8.75. The fourth-order valence-electron chi connectivity index (χ4n) is 4.72. The van der Waals surface area contributed by atoms with Crippen LogP contribution in [0.3, 0.4) is 0 Å². The molecule has 2 unspecified atom stereocenters. The molecule has 3 aromatic carbocycles. The highest BCUT2D eigenvalue weighted by Crippen LogP contribution is 2.45. The summed E-state index contributed by atoms with van der Waals surface area (Å²) in [6.07, 6.45) is -1.04. The fraction of sp³-hybridized carbons (Fsp3) is 0.250. The van der Waals surface area contributed by atoms with Crippen molar-refractivity contribution in [2.24, 2.45) is 0 Å². The third-order valence-electron chi connectivity index (χ3n) is 6.18. The minimum absolute atomic E-state index is 0.0329. The second kappa shape index (κ2) is 8.80. The summed E-state index contributed by atoms with van der Waals surface area (Å²) in [7, 11) is 0. The van der Waals surface area contributed by atoms with Gasteiger partial charge in [0.1, 0.15) is 11.7 Å². The summed E-state index contributed by atoms with van der Waals surface area (Å²) in [4.78, 5) is 12.9. The summed E-state index contributed by atoms with van der Waals surface area (Å²) in [5.41, 5.74) is 3.03. The number of Topliss-reactive ketones (excluding diaryl/α,β-unsaturated/α-hetero) is 1. The van der Waals surface area contributed by atoms with Gasteiger partial charge in [-0.2, -0.15) is 0 Å². The number of ether oxygens (including phenoxy) is 3. The molecule has 0 N–H and O–H groups in total. The summed E-state index contributed by atoms with van der Waals surface area (Å²) in [5.74, 6) is -0.835. The van der Waals surface area contributed by atoms with Gasteiger partial charge in [-0.1, -0.05) is 91.0 Å². The first-order chi connectivity index (χ1) is 15.9. The normalized spacial score (nSPS) is 22.0. The largest absolute Gasteiger partial charge is 0.356 e. The van der Waals surface area contributed by atoms with Crippen LogP contribution in [-0.2, 0) is 24.6 Å². The van der Waals surface area contributed by atoms with Crippen LogP contribution in [0.4, 0.5) is 0 Å². The smallest absolute Gasteiger partial charge is 0.200 e. The molecule has 0 amide bonds. The lowest BCUT2D eigenvalue weighted by molar-refractivity contribution is -0.153. The molecule has 2 atom stereocenters. The minimum atomic E-state index is -0.857. The molecule has 168 valence electrons. The van der Waals surface area contributed by atoms with Crippen LogP contribution in [0.1, 0.15) is 30.5 Å². The lowest BCUT2D eigenvalue weighted by Crippen LogP contribution is -2.35. The number of hydrogen-bond acceptors (Lipinski definition) is 4. The third kappa shape index (κ3) is 3.97. The van der Waals surface area contributed by atoms with E-state index in [0.29, 0.717) is 3.58 Å². The molecule has 5 heteroatoms. The number of carbonyl (C=O) groups is 1. The van der Waals surface area contributed by atoms with Crippen molar-refractivity contribution in [2.75, 3.05) is 6.61 Å². The van der Waals surface area contributed by atoms with Gasteiger partial charge in [0.2, 0.25) is 5.78 Å². The van der Waals surface area contributed by atoms with Gasteiger partial charge in [0, 0.05) is 5.57 Å². The van der Waals surface area contributed by atoms with Gasteiger partial charge in [-0.3, -0.25) is 4.79 Å². The lowest BCUT2D eigenvalue weighted by Gasteiger charge is -2.36. The van der Waals surface area contributed by atoms with Gasteiger partial charge in [0.05, 0.1) is 10.2 Å². The van der Waals surface area contributed by atoms with Gasteiger partial charge >= 0.3 is 0 Å². The van der Waals surface area contributed by atoms with E-state index in [4.69, 9.17) is 14.2 Å². The molecule has 1 aliphatic heterocycles. The molecule has 2 aliphatic rings. The summed E-state index contributed by atoms with van der Waals surface area (Å²) in [6.45, 7) is 3.92. The standard InChI is InChI=1S/C28H25IO4/c1-27(2)32-25-22(23(29)24(30)26(25)33-27)18-31-28(19-12-6-3-7-13-19,20-14-8-4-9-15-20)21-16-10-5-11-17-21/h3-17,25-26H,18H2,1-2H3. The van der Waals surface area contributed by atoms with E-state index in [1.54, 1.807) is 0 Å². The quantitative estimate of drug-likeness (QED) is 0.287. The average Bonchev–Trinajstić information content (AvgIpc) is 3.27. The topological polar surface area (TPSA) is 44.8 Å². The molecule has 0 saturated carbocycles. The molecule has 3 aromatic rings. The van der Waals surface area contributed by atoms with Crippen molar-refractivity contribution in [3.05, 3.63) is 117 Å². The molecular formula is C28H25IO4. The Kier molecular flexibility index (Phi) is 5.99. The van der Waals surface area contributed by atoms with E-state index in [2.05, 4.69) is 59.0 Å². The highest BCUT2D eigenvalue weighted by Gasteiger charge is 2.53. The predicted octanol–water partition coefficient (Wildman–Crippen LogP) is 5.79. The van der Waals surface area contributed by atoms with Crippen molar-refractivity contribution >= 4 is 28.4 Å². The molecule has 0 radical (unpaired) electrons. The number of fused-ring (bicyclic) bond motifs is 1. The molecule has 5 rings (SSSR count). The monoisotopic (exact) mass is 552 g/mol. The molecule has 1 aliphatic carbocycles. The molecule has 1 fully saturated rings. The first-order valence-corrected chi connectivity index (χ1v) is 12.1. The summed E-state index contributed by atoms with van der Waals surface area (Å²) < 4.78 is 19.6.